The van der Waals surface area contributed by atoms with Gasteiger partial charge in [-0.3, -0.25) is 4.68 Å². The first-order valence-electron chi connectivity index (χ1n) is 6.49. The van der Waals surface area contributed by atoms with E-state index in [4.69, 9.17) is 0 Å². The molecule has 0 aromatic carbocycles. The Morgan fingerprint density at radius 2 is 2.00 bits per heavy atom. The minimum absolute atomic E-state index is 0.345. The largest absolute Gasteiger partial charge is 0.270 e. The molecule has 17 heavy (non-hydrogen) atoms. The highest BCUT2D eigenvalue weighted by Crippen LogP contribution is 2.29. The fourth-order valence-corrected chi connectivity index (χ4v) is 2.02. The Morgan fingerprint density at radius 1 is 1.35 bits per heavy atom. The van der Waals surface area contributed by atoms with Crippen molar-refractivity contribution in [2.24, 2.45) is 5.41 Å². The van der Waals surface area contributed by atoms with Gasteiger partial charge in [-0.05, 0) is 44.6 Å². The second kappa shape index (κ2) is 6.03. The third kappa shape index (κ3) is 4.82. The van der Waals surface area contributed by atoms with Gasteiger partial charge in [-0.1, -0.05) is 36.7 Å². The number of aromatic nitrogens is 2. The maximum atomic E-state index is 4.57. The van der Waals surface area contributed by atoms with Crippen molar-refractivity contribution in [3.05, 3.63) is 18.0 Å². The maximum absolute atomic E-state index is 4.57. The SMILES string of the molecule is CC(C)n1ccc(CCCC(Br)C(C)(C)C)n1. The van der Waals surface area contributed by atoms with Gasteiger partial charge in [0.2, 0.25) is 0 Å². The number of alkyl halides is 1. The minimum atomic E-state index is 0.345. The number of aryl methyl sites for hydroxylation is 1. The molecule has 0 saturated heterocycles. The van der Waals surface area contributed by atoms with E-state index in [9.17, 15) is 0 Å². The van der Waals surface area contributed by atoms with E-state index in [0.29, 0.717) is 16.3 Å². The van der Waals surface area contributed by atoms with Crippen molar-refractivity contribution < 1.29 is 0 Å². The third-order valence-corrected chi connectivity index (χ3v) is 4.85. The molecule has 0 spiro atoms. The van der Waals surface area contributed by atoms with Gasteiger partial charge in [0.25, 0.3) is 0 Å². The minimum Gasteiger partial charge on any atom is -0.270 e. The second-order valence-electron chi connectivity index (χ2n) is 6.11. The Bertz CT molecular complexity index is 336. The number of hydrogen-bond donors (Lipinski definition) is 0. The molecule has 98 valence electrons. The van der Waals surface area contributed by atoms with Crippen LogP contribution in [-0.4, -0.2) is 14.6 Å². The lowest BCUT2D eigenvalue weighted by Crippen LogP contribution is -2.20. The van der Waals surface area contributed by atoms with Crippen molar-refractivity contribution in [1.29, 1.82) is 0 Å². The predicted molar refractivity (Wildman–Crippen MR) is 77.7 cm³/mol. The van der Waals surface area contributed by atoms with Gasteiger partial charge in [-0.2, -0.15) is 5.10 Å². The summed E-state index contributed by atoms with van der Waals surface area (Å²) in [5.74, 6) is 0. The number of rotatable bonds is 5. The average molecular weight is 301 g/mol. The maximum Gasteiger partial charge on any atom is 0.0624 e. The van der Waals surface area contributed by atoms with Crippen LogP contribution >= 0.6 is 15.9 Å². The Hall–Kier alpha value is -0.310. The smallest absolute Gasteiger partial charge is 0.0624 e. The molecule has 1 atom stereocenters. The van der Waals surface area contributed by atoms with Crippen LogP contribution in [0.15, 0.2) is 12.3 Å². The molecule has 0 saturated carbocycles. The summed E-state index contributed by atoms with van der Waals surface area (Å²) in [5.41, 5.74) is 1.56. The number of halogens is 1. The van der Waals surface area contributed by atoms with Crippen LogP contribution in [0.1, 0.15) is 59.2 Å². The number of hydrogen-bond acceptors (Lipinski definition) is 1. The molecule has 0 aliphatic carbocycles. The van der Waals surface area contributed by atoms with E-state index in [1.165, 1.54) is 18.5 Å². The Morgan fingerprint density at radius 3 is 2.47 bits per heavy atom. The lowest BCUT2D eigenvalue weighted by Gasteiger charge is -2.25. The molecule has 2 nitrogen and oxygen atoms in total. The Kier molecular flexibility index (Phi) is 5.23. The average Bonchev–Trinajstić information content (AvgIpc) is 2.64. The lowest BCUT2D eigenvalue weighted by atomic mass is 9.89. The van der Waals surface area contributed by atoms with E-state index in [1.807, 2.05) is 4.68 Å². The van der Waals surface area contributed by atoms with Gasteiger partial charge >= 0.3 is 0 Å². The molecule has 0 amide bonds. The first-order chi connectivity index (χ1) is 7.80. The van der Waals surface area contributed by atoms with Crippen LogP contribution in [0.3, 0.4) is 0 Å². The quantitative estimate of drug-likeness (QED) is 0.727. The standard InChI is InChI=1S/C14H25BrN2/c1-11(2)17-10-9-12(16-17)7-6-8-13(15)14(3,4)5/h9-11,13H,6-8H2,1-5H3. The van der Waals surface area contributed by atoms with Crippen molar-refractivity contribution in [3.63, 3.8) is 0 Å². The van der Waals surface area contributed by atoms with E-state index < -0.39 is 0 Å². The fraction of sp³-hybridized carbons (Fsp3) is 0.786. The molecule has 0 radical (unpaired) electrons. The zero-order chi connectivity index (χ0) is 13.1. The molecule has 0 aliphatic rings. The highest BCUT2D eigenvalue weighted by Gasteiger charge is 2.21. The van der Waals surface area contributed by atoms with E-state index in [1.54, 1.807) is 0 Å². The Balaban J connectivity index is 2.36. The lowest BCUT2D eigenvalue weighted by molar-refractivity contribution is 0.380. The van der Waals surface area contributed by atoms with Crippen molar-refractivity contribution >= 4 is 15.9 Å². The summed E-state index contributed by atoms with van der Waals surface area (Å²) in [6.45, 7) is 11.1. The van der Waals surface area contributed by atoms with Crippen molar-refractivity contribution in [2.75, 3.05) is 0 Å². The molecule has 1 rings (SSSR count). The molecule has 1 unspecified atom stereocenters. The van der Waals surface area contributed by atoms with Gasteiger partial charge < -0.3 is 0 Å². The summed E-state index contributed by atoms with van der Waals surface area (Å²) < 4.78 is 2.03. The van der Waals surface area contributed by atoms with Gasteiger partial charge in [-0.25, -0.2) is 0 Å². The monoisotopic (exact) mass is 300 g/mol. The molecule has 0 N–H and O–H groups in total. The van der Waals surface area contributed by atoms with Crippen LogP contribution in [0.5, 0.6) is 0 Å². The summed E-state index contributed by atoms with van der Waals surface area (Å²) in [6.07, 6.45) is 5.56. The summed E-state index contributed by atoms with van der Waals surface area (Å²) in [6, 6.07) is 2.60. The molecule has 1 aromatic rings. The molecule has 3 heteroatoms. The first-order valence-corrected chi connectivity index (χ1v) is 7.40. The van der Waals surface area contributed by atoms with Gasteiger partial charge in [0.1, 0.15) is 0 Å². The van der Waals surface area contributed by atoms with Gasteiger partial charge in [0, 0.05) is 17.1 Å². The summed E-state index contributed by atoms with van der Waals surface area (Å²) >= 11 is 3.77. The highest BCUT2D eigenvalue weighted by atomic mass is 79.9. The van der Waals surface area contributed by atoms with Crippen molar-refractivity contribution in [2.45, 2.75) is 64.8 Å². The number of nitrogens with zero attached hydrogens (tertiary/aromatic N) is 2. The van der Waals surface area contributed by atoms with E-state index >= 15 is 0 Å². The fourth-order valence-electron chi connectivity index (χ4n) is 1.69. The van der Waals surface area contributed by atoms with Crippen LogP contribution in [0.25, 0.3) is 0 Å². The van der Waals surface area contributed by atoms with Gasteiger partial charge in [0.05, 0.1) is 5.69 Å². The van der Waals surface area contributed by atoms with Gasteiger partial charge in [-0.15, -0.1) is 0 Å². The topological polar surface area (TPSA) is 17.8 Å². The first kappa shape index (κ1) is 14.7. The van der Waals surface area contributed by atoms with E-state index in [-0.39, 0.29) is 0 Å². The van der Waals surface area contributed by atoms with Crippen LogP contribution < -0.4 is 0 Å². The predicted octanol–water partition coefficient (Wildman–Crippen LogP) is 4.60. The van der Waals surface area contributed by atoms with Crippen LogP contribution in [0.4, 0.5) is 0 Å². The summed E-state index contributed by atoms with van der Waals surface area (Å²) in [5, 5.41) is 4.57. The van der Waals surface area contributed by atoms with Crippen molar-refractivity contribution in [3.8, 4) is 0 Å². The van der Waals surface area contributed by atoms with Crippen molar-refractivity contribution in [1.82, 2.24) is 9.78 Å². The normalized spacial score (nSPS) is 14.3. The second-order valence-corrected chi connectivity index (χ2v) is 7.21. The molecular formula is C14H25BrN2. The summed E-state index contributed by atoms with van der Waals surface area (Å²) in [7, 11) is 0. The molecule has 1 aromatic heterocycles. The zero-order valence-electron chi connectivity index (χ0n) is 11.7. The van der Waals surface area contributed by atoms with Crippen LogP contribution in [0, 0.1) is 5.41 Å². The molecule has 0 bridgehead atoms. The van der Waals surface area contributed by atoms with E-state index in [0.717, 1.165) is 6.42 Å². The van der Waals surface area contributed by atoms with Crippen LogP contribution in [-0.2, 0) is 6.42 Å². The highest BCUT2D eigenvalue weighted by molar-refractivity contribution is 9.09. The third-order valence-electron chi connectivity index (χ3n) is 3.02. The van der Waals surface area contributed by atoms with Crippen LogP contribution in [0.2, 0.25) is 0 Å². The molecule has 0 aliphatic heterocycles. The molecule has 0 fully saturated rings. The summed E-state index contributed by atoms with van der Waals surface area (Å²) in [4.78, 5) is 0.585. The zero-order valence-corrected chi connectivity index (χ0v) is 13.3. The Labute approximate surface area is 114 Å². The molecule has 1 heterocycles. The van der Waals surface area contributed by atoms with E-state index in [2.05, 4.69) is 67.9 Å². The van der Waals surface area contributed by atoms with Gasteiger partial charge in [0.15, 0.2) is 0 Å². The molecular weight excluding hydrogens is 276 g/mol.